The van der Waals surface area contributed by atoms with E-state index in [0.29, 0.717) is 6.54 Å². The Kier molecular flexibility index (Phi) is 3.84. The third-order valence-corrected chi connectivity index (χ3v) is 7.74. The quantitative estimate of drug-likeness (QED) is 0.772. The van der Waals surface area contributed by atoms with Crippen LogP contribution in [0.2, 0.25) is 10.0 Å². The summed E-state index contributed by atoms with van der Waals surface area (Å²) in [7, 11) is -3.62. The van der Waals surface area contributed by atoms with Crippen molar-refractivity contribution in [2.24, 2.45) is 10.8 Å². The lowest BCUT2D eigenvalue weighted by Gasteiger charge is -2.39. The molecule has 122 valence electrons. The fourth-order valence-corrected chi connectivity index (χ4v) is 7.01. The molecule has 2 atom stereocenters. The molecule has 1 saturated heterocycles. The van der Waals surface area contributed by atoms with Crippen LogP contribution in [0.25, 0.3) is 0 Å². The summed E-state index contributed by atoms with van der Waals surface area (Å²) < 4.78 is 27.8. The van der Waals surface area contributed by atoms with Crippen LogP contribution in [-0.2, 0) is 10.0 Å². The summed E-state index contributed by atoms with van der Waals surface area (Å²) in [6, 6.07) is 4.83. The molecular weight excluding hydrogens is 341 g/mol. The van der Waals surface area contributed by atoms with Gasteiger partial charge >= 0.3 is 0 Å². The number of hydrogen-bond donors (Lipinski definition) is 0. The van der Waals surface area contributed by atoms with Gasteiger partial charge in [-0.1, -0.05) is 50.0 Å². The zero-order valence-electron chi connectivity index (χ0n) is 13.1. The molecule has 0 radical (unpaired) electrons. The van der Waals surface area contributed by atoms with E-state index in [0.717, 1.165) is 19.3 Å². The highest BCUT2D eigenvalue weighted by atomic mass is 35.5. The Morgan fingerprint density at radius 3 is 2.55 bits per heavy atom. The minimum Gasteiger partial charge on any atom is -0.207 e. The van der Waals surface area contributed by atoms with Crippen LogP contribution in [0, 0.1) is 10.8 Å². The van der Waals surface area contributed by atoms with Gasteiger partial charge in [0.1, 0.15) is 4.90 Å². The van der Waals surface area contributed by atoms with Crippen LogP contribution >= 0.6 is 23.2 Å². The molecule has 2 bridgehead atoms. The van der Waals surface area contributed by atoms with Crippen molar-refractivity contribution in [2.45, 2.75) is 51.0 Å². The first-order chi connectivity index (χ1) is 10.0. The van der Waals surface area contributed by atoms with Gasteiger partial charge in [-0.15, -0.1) is 0 Å². The van der Waals surface area contributed by atoms with Gasteiger partial charge < -0.3 is 0 Å². The van der Waals surface area contributed by atoms with Crippen LogP contribution in [0.5, 0.6) is 0 Å². The molecule has 1 aromatic rings. The molecule has 6 heteroatoms. The normalized spacial score (nSPS) is 31.4. The largest absolute Gasteiger partial charge is 0.244 e. The van der Waals surface area contributed by atoms with Gasteiger partial charge in [0, 0.05) is 12.6 Å². The van der Waals surface area contributed by atoms with Gasteiger partial charge in [0.05, 0.1) is 10.0 Å². The van der Waals surface area contributed by atoms with Crippen molar-refractivity contribution in [3.8, 4) is 0 Å². The maximum absolute atomic E-state index is 13.1. The minimum atomic E-state index is -3.62. The van der Waals surface area contributed by atoms with Crippen molar-refractivity contribution in [1.29, 1.82) is 0 Å². The monoisotopic (exact) mass is 361 g/mol. The first-order valence-corrected chi connectivity index (χ1v) is 9.70. The molecule has 1 heterocycles. The predicted molar refractivity (Wildman–Crippen MR) is 89.9 cm³/mol. The Balaban J connectivity index is 2.03. The first-order valence-electron chi connectivity index (χ1n) is 7.50. The van der Waals surface area contributed by atoms with Crippen molar-refractivity contribution in [2.75, 3.05) is 6.54 Å². The Morgan fingerprint density at radius 2 is 1.86 bits per heavy atom. The maximum Gasteiger partial charge on any atom is 0.244 e. The standard InChI is InChI=1S/C16H21Cl2NO2S/c1-15(2)7-11-8-16(3,9-15)10-19(11)22(20,21)13-6-4-5-12(17)14(13)18/h4-6,11H,7-10H2,1-3H3. The molecule has 0 aromatic heterocycles. The average molecular weight is 362 g/mol. The zero-order valence-corrected chi connectivity index (χ0v) is 15.4. The lowest BCUT2D eigenvalue weighted by atomic mass is 9.65. The first kappa shape index (κ1) is 16.6. The molecule has 1 aromatic carbocycles. The van der Waals surface area contributed by atoms with E-state index in [1.54, 1.807) is 22.5 Å². The number of nitrogens with zero attached hydrogens (tertiary/aromatic N) is 1. The summed E-state index contributed by atoms with van der Waals surface area (Å²) in [6.45, 7) is 7.20. The van der Waals surface area contributed by atoms with Gasteiger partial charge in [0.25, 0.3) is 0 Å². The van der Waals surface area contributed by atoms with Crippen molar-refractivity contribution < 1.29 is 8.42 Å². The highest BCUT2D eigenvalue weighted by Crippen LogP contribution is 2.54. The molecule has 2 aliphatic rings. The van der Waals surface area contributed by atoms with Crippen LogP contribution in [0.1, 0.15) is 40.0 Å². The Labute approximate surface area is 142 Å². The molecular formula is C16H21Cl2NO2S. The van der Waals surface area contributed by atoms with Crippen molar-refractivity contribution in [1.82, 2.24) is 4.31 Å². The number of halogens is 2. The molecule has 3 nitrogen and oxygen atoms in total. The van der Waals surface area contributed by atoms with E-state index in [1.165, 1.54) is 0 Å². The molecule has 3 rings (SSSR count). The van der Waals surface area contributed by atoms with Crippen LogP contribution in [0.15, 0.2) is 23.1 Å². The van der Waals surface area contributed by atoms with E-state index in [9.17, 15) is 8.42 Å². The summed E-state index contributed by atoms with van der Waals surface area (Å²) in [5.41, 5.74) is 0.213. The van der Waals surface area contributed by atoms with Crippen LogP contribution < -0.4 is 0 Å². The van der Waals surface area contributed by atoms with Gasteiger partial charge in [-0.25, -0.2) is 8.42 Å². The fraction of sp³-hybridized carbons (Fsp3) is 0.625. The number of fused-ring (bicyclic) bond motifs is 2. The molecule has 1 aliphatic heterocycles. The molecule has 0 amide bonds. The van der Waals surface area contributed by atoms with E-state index >= 15 is 0 Å². The summed E-state index contributed by atoms with van der Waals surface area (Å²) >= 11 is 12.1. The van der Waals surface area contributed by atoms with Gasteiger partial charge in [-0.3, -0.25) is 0 Å². The predicted octanol–water partition coefficient (Wildman–Crippen LogP) is 4.58. The molecule has 1 saturated carbocycles. The molecule has 0 spiro atoms. The highest BCUT2D eigenvalue weighted by Gasteiger charge is 2.53. The maximum atomic E-state index is 13.1. The Hall–Kier alpha value is -0.290. The van der Waals surface area contributed by atoms with Crippen LogP contribution in [-0.4, -0.2) is 25.3 Å². The van der Waals surface area contributed by atoms with Crippen molar-refractivity contribution in [3.05, 3.63) is 28.2 Å². The van der Waals surface area contributed by atoms with Crippen molar-refractivity contribution >= 4 is 33.2 Å². The minimum absolute atomic E-state index is 0.0462. The lowest BCUT2D eigenvalue weighted by Crippen LogP contribution is -2.37. The zero-order chi connectivity index (χ0) is 16.3. The summed E-state index contributed by atoms with van der Waals surface area (Å²) in [4.78, 5) is 0.121. The molecule has 22 heavy (non-hydrogen) atoms. The van der Waals surface area contributed by atoms with E-state index < -0.39 is 10.0 Å². The Bertz CT molecular complexity index is 717. The van der Waals surface area contributed by atoms with Gasteiger partial charge in [0.15, 0.2) is 0 Å². The summed E-state index contributed by atoms with van der Waals surface area (Å²) in [5, 5.41) is 0.395. The number of benzene rings is 1. The van der Waals surface area contributed by atoms with Crippen molar-refractivity contribution in [3.63, 3.8) is 0 Å². The third kappa shape index (κ3) is 2.68. The second-order valence-corrected chi connectivity index (χ2v) is 10.5. The second-order valence-electron chi connectivity index (χ2n) is 7.82. The van der Waals surface area contributed by atoms with E-state index in [2.05, 4.69) is 20.8 Å². The Morgan fingerprint density at radius 1 is 1.18 bits per heavy atom. The fourth-order valence-electron chi connectivity index (χ4n) is 4.50. The smallest absolute Gasteiger partial charge is 0.207 e. The van der Waals surface area contributed by atoms with Crippen LogP contribution in [0.4, 0.5) is 0 Å². The van der Waals surface area contributed by atoms with Gasteiger partial charge in [-0.05, 0) is 42.2 Å². The topological polar surface area (TPSA) is 37.4 Å². The number of sulfonamides is 1. The van der Waals surface area contributed by atoms with E-state index in [4.69, 9.17) is 23.2 Å². The summed E-state index contributed by atoms with van der Waals surface area (Å²) in [6.07, 6.45) is 2.86. The lowest BCUT2D eigenvalue weighted by molar-refractivity contribution is 0.133. The van der Waals surface area contributed by atoms with Gasteiger partial charge in [0.2, 0.25) is 10.0 Å². The van der Waals surface area contributed by atoms with Gasteiger partial charge in [-0.2, -0.15) is 4.31 Å². The highest BCUT2D eigenvalue weighted by molar-refractivity contribution is 7.89. The SMILES string of the molecule is CC1(C)CC2CC(C)(CN2S(=O)(=O)c2cccc(Cl)c2Cl)C1. The third-order valence-electron chi connectivity index (χ3n) is 4.87. The van der Waals surface area contributed by atoms with E-state index in [-0.39, 0.29) is 31.8 Å². The van der Waals surface area contributed by atoms with Crippen LogP contribution in [0.3, 0.4) is 0 Å². The summed E-state index contributed by atoms with van der Waals surface area (Å²) in [5.74, 6) is 0. The number of hydrogen-bond acceptors (Lipinski definition) is 2. The molecule has 2 unspecified atom stereocenters. The number of rotatable bonds is 2. The molecule has 1 aliphatic carbocycles. The molecule has 2 fully saturated rings. The molecule has 0 N–H and O–H groups in total. The average Bonchev–Trinajstić information content (AvgIpc) is 2.62. The van der Waals surface area contributed by atoms with E-state index in [1.807, 2.05) is 0 Å². The second kappa shape index (κ2) is 5.10.